The molecule has 1 aliphatic carbocycles. The van der Waals surface area contributed by atoms with E-state index in [0.29, 0.717) is 17.5 Å². The molecule has 0 nitrogen and oxygen atoms in total. The average Bonchev–Trinajstić information content (AvgIpc) is 2.66. The Morgan fingerprint density at radius 2 is 1.38 bits per heavy atom. The molecule has 0 bridgehead atoms. The summed E-state index contributed by atoms with van der Waals surface area (Å²) in [5.74, 6) is 0.404. The van der Waals surface area contributed by atoms with E-state index < -0.39 is 11.6 Å². The smallest absolute Gasteiger partial charge is 0.162 e. The fourth-order valence-corrected chi connectivity index (χ4v) is 4.02. The van der Waals surface area contributed by atoms with Gasteiger partial charge in [0.2, 0.25) is 0 Å². The number of hydrogen-bond donors (Lipinski definition) is 0. The highest BCUT2D eigenvalue weighted by Gasteiger charge is 2.17. The second-order valence-corrected chi connectivity index (χ2v) is 8.15. The Morgan fingerprint density at radius 1 is 0.769 bits per heavy atom. The van der Waals surface area contributed by atoms with Crippen molar-refractivity contribution in [2.75, 3.05) is 0 Å². The summed E-state index contributed by atoms with van der Waals surface area (Å²) in [6.45, 7) is 3.96. The van der Waals surface area contributed by atoms with Crippen LogP contribution in [0.1, 0.15) is 61.3 Å². The Bertz CT molecular complexity index is 710. The first-order valence-electron chi connectivity index (χ1n) is 10.0. The van der Waals surface area contributed by atoms with Crippen molar-refractivity contribution in [1.82, 2.24) is 0 Å². The Balaban J connectivity index is 1.49. The van der Waals surface area contributed by atoms with Gasteiger partial charge >= 0.3 is 0 Å². The zero-order valence-corrected chi connectivity index (χ0v) is 16.0. The molecule has 2 aromatic rings. The fourth-order valence-electron chi connectivity index (χ4n) is 4.02. The van der Waals surface area contributed by atoms with Gasteiger partial charge in [-0.15, -0.1) is 0 Å². The van der Waals surface area contributed by atoms with E-state index in [9.17, 15) is 8.78 Å². The van der Waals surface area contributed by atoms with Gasteiger partial charge in [0.25, 0.3) is 0 Å². The molecule has 1 saturated carbocycles. The highest BCUT2D eigenvalue weighted by atomic mass is 19.2. The van der Waals surface area contributed by atoms with Gasteiger partial charge in [-0.3, -0.25) is 0 Å². The molecule has 0 aliphatic heterocycles. The predicted octanol–water partition coefficient (Wildman–Crippen LogP) is 6.82. The third-order valence-electron chi connectivity index (χ3n) is 6.04. The lowest BCUT2D eigenvalue weighted by Gasteiger charge is -2.26. The molecule has 0 radical (unpaired) electrons. The van der Waals surface area contributed by atoms with Crippen LogP contribution in [0.25, 0.3) is 0 Å². The number of halogens is 2. The lowest BCUT2D eigenvalue weighted by Crippen LogP contribution is -2.12. The molecule has 26 heavy (non-hydrogen) atoms. The van der Waals surface area contributed by atoms with E-state index in [1.807, 2.05) is 0 Å². The Hall–Kier alpha value is -1.70. The quantitative estimate of drug-likeness (QED) is 0.533. The van der Waals surface area contributed by atoms with Gasteiger partial charge in [-0.1, -0.05) is 69.0 Å². The Morgan fingerprint density at radius 3 is 2.04 bits per heavy atom. The second kappa shape index (κ2) is 8.79. The number of rotatable bonds is 6. The minimum atomic E-state index is -0.713. The molecule has 0 saturated heterocycles. The summed E-state index contributed by atoms with van der Waals surface area (Å²) < 4.78 is 27.6. The number of hydrogen-bond acceptors (Lipinski definition) is 0. The molecule has 3 rings (SSSR count). The largest absolute Gasteiger partial charge is 0.203 e. The fraction of sp³-hybridized carbons (Fsp3) is 0.500. The molecular formula is C24H30F2. The molecule has 0 spiro atoms. The van der Waals surface area contributed by atoms with Crippen molar-refractivity contribution in [3.63, 3.8) is 0 Å². The zero-order valence-electron chi connectivity index (χ0n) is 16.0. The molecule has 0 aromatic heterocycles. The van der Waals surface area contributed by atoms with E-state index in [-0.39, 0.29) is 0 Å². The van der Waals surface area contributed by atoms with E-state index >= 15 is 0 Å². The first kappa shape index (κ1) is 19.1. The highest BCUT2D eigenvalue weighted by Crippen LogP contribution is 2.31. The van der Waals surface area contributed by atoms with Gasteiger partial charge < -0.3 is 0 Å². The first-order valence-corrected chi connectivity index (χ1v) is 10.0. The summed E-state index contributed by atoms with van der Waals surface area (Å²) >= 11 is 0. The van der Waals surface area contributed by atoms with Crippen molar-refractivity contribution in [3.05, 3.63) is 70.3 Å². The van der Waals surface area contributed by atoms with Crippen molar-refractivity contribution < 1.29 is 8.78 Å². The number of aryl methyl sites for hydroxylation is 4. The van der Waals surface area contributed by atoms with Gasteiger partial charge in [-0.05, 0) is 66.7 Å². The highest BCUT2D eigenvalue weighted by molar-refractivity contribution is 5.28. The summed E-state index contributed by atoms with van der Waals surface area (Å²) in [6, 6.07) is 12.0. The number of benzene rings is 2. The van der Waals surface area contributed by atoms with Crippen molar-refractivity contribution in [3.8, 4) is 0 Å². The molecule has 2 aromatic carbocycles. The van der Waals surface area contributed by atoms with Gasteiger partial charge in [-0.25, -0.2) is 8.78 Å². The third-order valence-corrected chi connectivity index (χ3v) is 6.04. The molecule has 1 aliphatic rings. The van der Waals surface area contributed by atoms with Crippen molar-refractivity contribution >= 4 is 0 Å². The lowest BCUT2D eigenvalue weighted by atomic mass is 9.80. The molecule has 0 unspecified atom stereocenters. The third kappa shape index (κ3) is 4.93. The van der Waals surface area contributed by atoms with Crippen molar-refractivity contribution in [2.45, 2.75) is 65.2 Å². The standard InChI is InChI=1S/C24H30F2/c1-17-3-6-19(7-4-17)8-9-20-10-12-21(13-11-20)14-16-22-15-5-18(2)23(25)24(22)26/h5,10-13,15,17,19H,3-4,6-9,14,16H2,1-2H3. The van der Waals surface area contributed by atoms with Crippen LogP contribution in [0, 0.1) is 30.4 Å². The van der Waals surface area contributed by atoms with E-state index in [0.717, 1.165) is 24.7 Å². The molecular weight excluding hydrogens is 326 g/mol. The first-order chi connectivity index (χ1) is 12.5. The summed E-state index contributed by atoms with van der Waals surface area (Å²) in [6.07, 6.45) is 9.26. The van der Waals surface area contributed by atoms with Gasteiger partial charge in [-0.2, -0.15) is 0 Å². The second-order valence-electron chi connectivity index (χ2n) is 8.15. The van der Waals surface area contributed by atoms with Crippen LogP contribution in [0.2, 0.25) is 0 Å². The zero-order chi connectivity index (χ0) is 18.5. The van der Waals surface area contributed by atoms with Crippen LogP contribution in [0.4, 0.5) is 8.78 Å². The Kier molecular flexibility index (Phi) is 6.45. The molecule has 140 valence electrons. The molecule has 2 heteroatoms. The predicted molar refractivity (Wildman–Crippen MR) is 104 cm³/mol. The van der Waals surface area contributed by atoms with E-state index in [1.54, 1.807) is 19.1 Å². The summed E-state index contributed by atoms with van der Waals surface area (Å²) in [5, 5.41) is 0. The normalized spacial score (nSPS) is 20.3. The van der Waals surface area contributed by atoms with Crippen LogP contribution in [0.5, 0.6) is 0 Å². The maximum absolute atomic E-state index is 14.0. The average molecular weight is 356 g/mol. The van der Waals surface area contributed by atoms with Crippen LogP contribution >= 0.6 is 0 Å². The van der Waals surface area contributed by atoms with E-state index in [1.165, 1.54) is 43.2 Å². The minimum absolute atomic E-state index is 0.364. The van der Waals surface area contributed by atoms with Gasteiger partial charge in [0, 0.05) is 0 Å². The SMILES string of the molecule is Cc1ccc(CCc2ccc(CCC3CCC(C)CC3)cc2)c(F)c1F. The monoisotopic (exact) mass is 356 g/mol. The maximum atomic E-state index is 14.0. The van der Waals surface area contributed by atoms with Crippen molar-refractivity contribution in [2.24, 2.45) is 11.8 Å². The van der Waals surface area contributed by atoms with Crippen LogP contribution in [-0.4, -0.2) is 0 Å². The summed E-state index contributed by atoms with van der Waals surface area (Å²) in [4.78, 5) is 0. The van der Waals surface area contributed by atoms with E-state index in [4.69, 9.17) is 0 Å². The lowest BCUT2D eigenvalue weighted by molar-refractivity contribution is 0.278. The van der Waals surface area contributed by atoms with E-state index in [2.05, 4.69) is 31.2 Å². The summed E-state index contributed by atoms with van der Waals surface area (Å²) in [5.41, 5.74) is 3.40. The molecule has 0 heterocycles. The topological polar surface area (TPSA) is 0 Å². The Labute approximate surface area is 156 Å². The van der Waals surface area contributed by atoms with Crippen molar-refractivity contribution in [1.29, 1.82) is 0 Å². The minimum Gasteiger partial charge on any atom is -0.203 e. The van der Waals surface area contributed by atoms with Crippen LogP contribution in [0.3, 0.4) is 0 Å². The molecule has 0 amide bonds. The molecule has 0 N–H and O–H groups in total. The van der Waals surface area contributed by atoms with Crippen LogP contribution in [-0.2, 0) is 19.3 Å². The van der Waals surface area contributed by atoms with Crippen LogP contribution in [0.15, 0.2) is 36.4 Å². The van der Waals surface area contributed by atoms with Gasteiger partial charge in [0.05, 0.1) is 0 Å². The molecule has 1 fully saturated rings. The summed E-state index contributed by atoms with van der Waals surface area (Å²) in [7, 11) is 0. The van der Waals surface area contributed by atoms with Gasteiger partial charge in [0.1, 0.15) is 0 Å². The maximum Gasteiger partial charge on any atom is 0.162 e. The van der Waals surface area contributed by atoms with Crippen LogP contribution < -0.4 is 0 Å². The van der Waals surface area contributed by atoms with Gasteiger partial charge in [0.15, 0.2) is 11.6 Å². The molecule has 0 atom stereocenters.